The Morgan fingerprint density at radius 1 is 1.67 bits per heavy atom. The van der Waals surface area contributed by atoms with E-state index < -0.39 is 10.0 Å². The van der Waals surface area contributed by atoms with Gasteiger partial charge < -0.3 is 4.42 Å². The van der Waals surface area contributed by atoms with Gasteiger partial charge in [-0.25, -0.2) is 18.1 Å². The van der Waals surface area contributed by atoms with Crippen molar-refractivity contribution in [1.82, 2.24) is 9.71 Å². The molecular formula is C6H10N2O3S. The van der Waals surface area contributed by atoms with Crippen LogP contribution in [0.3, 0.4) is 0 Å². The van der Waals surface area contributed by atoms with E-state index >= 15 is 0 Å². The van der Waals surface area contributed by atoms with Gasteiger partial charge in [-0.3, -0.25) is 0 Å². The first kappa shape index (κ1) is 9.21. The number of nitrogens with zero attached hydrogens (tertiary/aromatic N) is 1. The van der Waals surface area contributed by atoms with E-state index in [0.29, 0.717) is 5.69 Å². The Labute approximate surface area is 70.9 Å². The molecule has 0 bridgehead atoms. The molecular weight excluding hydrogens is 180 g/mol. The lowest BCUT2D eigenvalue weighted by Gasteiger charge is -1.99. The van der Waals surface area contributed by atoms with Crippen molar-refractivity contribution in [3.05, 3.63) is 18.4 Å². The minimum Gasteiger partial charge on any atom is -0.451 e. The van der Waals surface area contributed by atoms with Gasteiger partial charge in [0.2, 0.25) is 10.0 Å². The second-order valence-electron chi connectivity index (χ2n) is 2.20. The van der Waals surface area contributed by atoms with E-state index in [9.17, 15) is 8.42 Å². The molecule has 0 radical (unpaired) electrons. The third-order valence-corrected chi connectivity index (χ3v) is 2.68. The molecule has 0 aliphatic rings. The maximum atomic E-state index is 10.9. The third kappa shape index (κ3) is 2.63. The Hall–Kier alpha value is -0.880. The number of oxazole rings is 1. The normalized spacial score (nSPS) is 11.8. The molecule has 0 aromatic carbocycles. The molecule has 0 aliphatic heterocycles. The van der Waals surface area contributed by atoms with Crippen molar-refractivity contribution in [3.8, 4) is 0 Å². The zero-order valence-corrected chi connectivity index (χ0v) is 7.47. The average Bonchev–Trinajstić information content (AvgIpc) is 2.53. The predicted octanol–water partition coefficient (Wildman–Crippen LogP) is 0.114. The van der Waals surface area contributed by atoms with Crippen LogP contribution in [0.25, 0.3) is 0 Å². The second-order valence-corrected chi connectivity index (χ2v) is 4.30. The van der Waals surface area contributed by atoms with Crippen molar-refractivity contribution in [2.45, 2.75) is 13.5 Å². The lowest BCUT2D eigenvalue weighted by atomic mass is 10.5. The summed E-state index contributed by atoms with van der Waals surface area (Å²) in [6, 6.07) is 0. The number of rotatable bonds is 4. The van der Waals surface area contributed by atoms with Crippen molar-refractivity contribution in [2.24, 2.45) is 0 Å². The van der Waals surface area contributed by atoms with Gasteiger partial charge in [-0.1, -0.05) is 0 Å². The molecule has 5 nitrogen and oxygen atoms in total. The Morgan fingerprint density at radius 2 is 2.42 bits per heavy atom. The summed E-state index contributed by atoms with van der Waals surface area (Å²) in [5, 5.41) is 0. The summed E-state index contributed by atoms with van der Waals surface area (Å²) in [7, 11) is -3.13. The van der Waals surface area contributed by atoms with Crippen LogP contribution in [-0.2, 0) is 16.6 Å². The van der Waals surface area contributed by atoms with Crippen LogP contribution in [0.5, 0.6) is 0 Å². The van der Waals surface area contributed by atoms with Gasteiger partial charge >= 0.3 is 0 Å². The zero-order chi connectivity index (χ0) is 9.03. The van der Waals surface area contributed by atoms with Crippen LogP contribution < -0.4 is 4.72 Å². The van der Waals surface area contributed by atoms with Crippen LogP contribution in [0.2, 0.25) is 0 Å². The average molecular weight is 190 g/mol. The number of nitrogens with one attached hydrogen (secondary N) is 1. The molecule has 0 unspecified atom stereocenters. The fourth-order valence-electron chi connectivity index (χ4n) is 0.611. The van der Waals surface area contributed by atoms with Gasteiger partial charge in [-0.15, -0.1) is 0 Å². The van der Waals surface area contributed by atoms with E-state index in [1.54, 1.807) is 6.92 Å². The van der Waals surface area contributed by atoms with Gasteiger partial charge in [0.15, 0.2) is 6.39 Å². The number of sulfonamides is 1. The number of hydrogen-bond acceptors (Lipinski definition) is 4. The SMILES string of the molecule is CCS(=O)(=O)NCc1cocn1. The molecule has 0 spiro atoms. The smallest absolute Gasteiger partial charge is 0.211 e. The molecule has 0 saturated carbocycles. The van der Waals surface area contributed by atoms with E-state index in [2.05, 4.69) is 14.1 Å². The fourth-order valence-corrected chi connectivity index (χ4v) is 1.18. The van der Waals surface area contributed by atoms with Crippen LogP contribution in [0, 0.1) is 0 Å². The summed E-state index contributed by atoms with van der Waals surface area (Å²) in [5.41, 5.74) is 0.576. The molecule has 1 N–H and O–H groups in total. The molecule has 0 fully saturated rings. The van der Waals surface area contributed by atoms with Crippen LogP contribution in [0.4, 0.5) is 0 Å². The zero-order valence-electron chi connectivity index (χ0n) is 6.65. The molecule has 6 heteroatoms. The van der Waals surface area contributed by atoms with E-state index in [0.717, 1.165) is 0 Å². The molecule has 68 valence electrons. The van der Waals surface area contributed by atoms with Crippen molar-refractivity contribution in [1.29, 1.82) is 0 Å². The largest absolute Gasteiger partial charge is 0.451 e. The van der Waals surface area contributed by atoms with Gasteiger partial charge in [0.1, 0.15) is 6.26 Å². The Bertz CT molecular complexity index is 317. The predicted molar refractivity (Wildman–Crippen MR) is 42.8 cm³/mol. The van der Waals surface area contributed by atoms with E-state index in [-0.39, 0.29) is 12.3 Å². The van der Waals surface area contributed by atoms with Gasteiger partial charge in [0.05, 0.1) is 18.0 Å². The summed E-state index contributed by atoms with van der Waals surface area (Å²) in [6.45, 7) is 1.76. The fraction of sp³-hybridized carbons (Fsp3) is 0.500. The minimum absolute atomic E-state index is 0.0743. The van der Waals surface area contributed by atoms with E-state index in [1.165, 1.54) is 12.7 Å². The van der Waals surface area contributed by atoms with Crippen LogP contribution in [0.1, 0.15) is 12.6 Å². The topological polar surface area (TPSA) is 72.2 Å². The Balaban J connectivity index is 2.47. The monoisotopic (exact) mass is 190 g/mol. The summed E-state index contributed by atoms with van der Waals surface area (Å²) in [4.78, 5) is 3.76. The molecule has 0 aliphatic carbocycles. The third-order valence-electron chi connectivity index (χ3n) is 1.34. The second kappa shape index (κ2) is 3.68. The molecule has 0 atom stereocenters. The van der Waals surface area contributed by atoms with Crippen LogP contribution in [0.15, 0.2) is 17.1 Å². The van der Waals surface area contributed by atoms with Crippen molar-refractivity contribution >= 4 is 10.0 Å². The molecule has 0 saturated heterocycles. The van der Waals surface area contributed by atoms with Crippen molar-refractivity contribution in [2.75, 3.05) is 5.75 Å². The highest BCUT2D eigenvalue weighted by Crippen LogP contribution is 1.94. The van der Waals surface area contributed by atoms with Crippen LogP contribution >= 0.6 is 0 Å². The highest BCUT2D eigenvalue weighted by Gasteiger charge is 2.06. The lowest BCUT2D eigenvalue weighted by molar-refractivity contribution is 0.555. The van der Waals surface area contributed by atoms with Crippen LogP contribution in [-0.4, -0.2) is 19.2 Å². The number of aromatic nitrogens is 1. The molecule has 1 heterocycles. The molecule has 12 heavy (non-hydrogen) atoms. The summed E-state index contributed by atoms with van der Waals surface area (Å²) >= 11 is 0. The first-order chi connectivity index (χ1) is 5.64. The minimum atomic E-state index is -3.13. The maximum absolute atomic E-state index is 10.9. The Kier molecular flexibility index (Phi) is 2.83. The quantitative estimate of drug-likeness (QED) is 0.731. The highest BCUT2D eigenvalue weighted by atomic mass is 32.2. The standard InChI is InChI=1S/C6H10N2O3S/c1-2-12(9,10)8-3-6-4-11-5-7-6/h4-5,8H,2-3H2,1H3. The molecule has 0 amide bonds. The number of hydrogen-bond donors (Lipinski definition) is 1. The van der Waals surface area contributed by atoms with Gasteiger partial charge in [-0.05, 0) is 6.92 Å². The first-order valence-electron chi connectivity index (χ1n) is 3.48. The van der Waals surface area contributed by atoms with Gasteiger partial charge in [0.25, 0.3) is 0 Å². The first-order valence-corrected chi connectivity index (χ1v) is 5.13. The van der Waals surface area contributed by atoms with E-state index in [4.69, 9.17) is 0 Å². The maximum Gasteiger partial charge on any atom is 0.211 e. The summed E-state index contributed by atoms with van der Waals surface area (Å²) < 4.78 is 28.9. The summed E-state index contributed by atoms with van der Waals surface area (Å²) in [5.74, 6) is 0.0743. The Morgan fingerprint density at radius 3 is 2.92 bits per heavy atom. The van der Waals surface area contributed by atoms with Gasteiger partial charge in [-0.2, -0.15) is 0 Å². The lowest BCUT2D eigenvalue weighted by Crippen LogP contribution is -2.24. The molecule has 1 rings (SSSR count). The molecule has 1 aromatic heterocycles. The molecule has 1 aromatic rings. The van der Waals surface area contributed by atoms with Crippen molar-refractivity contribution in [3.63, 3.8) is 0 Å². The van der Waals surface area contributed by atoms with Gasteiger partial charge in [0, 0.05) is 0 Å². The van der Waals surface area contributed by atoms with E-state index in [1.807, 2.05) is 0 Å². The van der Waals surface area contributed by atoms with Crippen molar-refractivity contribution < 1.29 is 12.8 Å². The highest BCUT2D eigenvalue weighted by molar-refractivity contribution is 7.89. The summed E-state index contributed by atoms with van der Waals surface area (Å²) in [6.07, 6.45) is 2.66.